The Morgan fingerprint density at radius 1 is 1.13 bits per heavy atom. The molecule has 1 aliphatic rings. The van der Waals surface area contributed by atoms with Crippen LogP contribution in [0.25, 0.3) is 16.9 Å². The fourth-order valence-electron chi connectivity index (χ4n) is 4.13. The molecule has 1 atom stereocenters. The van der Waals surface area contributed by atoms with Crippen molar-refractivity contribution in [2.24, 2.45) is 0 Å². The number of hydrogen-bond acceptors (Lipinski definition) is 5. The summed E-state index contributed by atoms with van der Waals surface area (Å²) in [5.41, 5.74) is 6.14. The van der Waals surface area contributed by atoms with Crippen molar-refractivity contribution >= 4 is 28.8 Å². The summed E-state index contributed by atoms with van der Waals surface area (Å²) in [6.07, 6.45) is 0.901. The first kappa shape index (κ1) is 19.9. The third kappa shape index (κ3) is 3.85. The molecule has 1 aliphatic heterocycles. The van der Waals surface area contributed by atoms with E-state index in [1.165, 1.54) is 6.92 Å². The van der Waals surface area contributed by atoms with E-state index in [0.29, 0.717) is 0 Å². The van der Waals surface area contributed by atoms with Gasteiger partial charge in [-0.1, -0.05) is 12.1 Å². The normalized spacial score (nSPS) is 16.1. The average molecular weight is 406 g/mol. The molecule has 1 fully saturated rings. The van der Waals surface area contributed by atoms with Gasteiger partial charge in [0.05, 0.1) is 22.8 Å². The average Bonchev–Trinajstić information content (AvgIpc) is 3.24. The van der Waals surface area contributed by atoms with Crippen molar-refractivity contribution in [3.05, 3.63) is 41.7 Å². The van der Waals surface area contributed by atoms with E-state index in [0.717, 1.165) is 59.2 Å². The lowest BCUT2D eigenvalue weighted by atomic mass is 10.1. The molecule has 156 valence electrons. The van der Waals surface area contributed by atoms with Gasteiger partial charge in [-0.2, -0.15) is 5.10 Å². The highest BCUT2D eigenvalue weighted by atomic mass is 16.2. The van der Waals surface area contributed by atoms with E-state index in [1.54, 1.807) is 6.92 Å². The summed E-state index contributed by atoms with van der Waals surface area (Å²) in [6, 6.07) is 9.89. The maximum Gasteiger partial charge on any atom is 0.221 e. The van der Waals surface area contributed by atoms with Crippen LogP contribution in [0.5, 0.6) is 0 Å². The summed E-state index contributed by atoms with van der Waals surface area (Å²) in [4.78, 5) is 30.0. The highest BCUT2D eigenvalue weighted by Crippen LogP contribution is 2.32. The monoisotopic (exact) mass is 406 g/mol. The second-order valence-corrected chi connectivity index (χ2v) is 7.85. The van der Waals surface area contributed by atoms with Gasteiger partial charge in [-0.3, -0.25) is 9.59 Å². The molecule has 2 aromatic heterocycles. The Morgan fingerprint density at radius 2 is 1.93 bits per heavy atom. The van der Waals surface area contributed by atoms with E-state index in [1.807, 2.05) is 42.6 Å². The summed E-state index contributed by atoms with van der Waals surface area (Å²) in [6.45, 7) is 8.58. The van der Waals surface area contributed by atoms with E-state index in [9.17, 15) is 9.59 Å². The Kier molecular flexibility index (Phi) is 5.15. The highest BCUT2D eigenvalue weighted by molar-refractivity contribution is 5.89. The second-order valence-electron chi connectivity index (χ2n) is 7.85. The van der Waals surface area contributed by atoms with Crippen molar-refractivity contribution in [3.8, 4) is 11.3 Å². The molecule has 30 heavy (non-hydrogen) atoms. The van der Waals surface area contributed by atoms with Crippen molar-refractivity contribution < 1.29 is 9.59 Å². The van der Waals surface area contributed by atoms with Crippen LogP contribution in [0, 0.1) is 13.8 Å². The number of aromatic nitrogens is 3. The summed E-state index contributed by atoms with van der Waals surface area (Å²) < 4.78 is 1.89. The van der Waals surface area contributed by atoms with Crippen LogP contribution in [-0.4, -0.2) is 45.5 Å². The molecule has 3 aromatic rings. The van der Waals surface area contributed by atoms with Gasteiger partial charge >= 0.3 is 0 Å². The zero-order valence-electron chi connectivity index (χ0n) is 17.7. The van der Waals surface area contributed by atoms with Crippen molar-refractivity contribution in [1.29, 1.82) is 0 Å². The van der Waals surface area contributed by atoms with Crippen molar-refractivity contribution in [1.82, 2.24) is 19.9 Å². The minimum atomic E-state index is -0.110. The molecule has 2 N–H and O–H groups in total. The van der Waals surface area contributed by atoms with Gasteiger partial charge in [0.1, 0.15) is 0 Å². The van der Waals surface area contributed by atoms with Gasteiger partial charge in [0, 0.05) is 44.2 Å². The first-order valence-electron chi connectivity index (χ1n) is 10.1. The quantitative estimate of drug-likeness (QED) is 0.695. The largest absolute Gasteiger partial charge is 0.366 e. The Labute approximate surface area is 175 Å². The van der Waals surface area contributed by atoms with Gasteiger partial charge in [-0.05, 0) is 38.5 Å². The molecular weight excluding hydrogens is 380 g/mol. The fourth-order valence-corrected chi connectivity index (χ4v) is 4.13. The number of nitrogens with one attached hydrogen (secondary N) is 2. The molecule has 0 saturated carbocycles. The molecular formula is C22H26N6O2. The lowest BCUT2D eigenvalue weighted by molar-refractivity contribution is -0.119. The predicted molar refractivity (Wildman–Crippen MR) is 117 cm³/mol. The van der Waals surface area contributed by atoms with Crippen LogP contribution in [0.3, 0.4) is 0 Å². The van der Waals surface area contributed by atoms with Crippen LogP contribution in [0.15, 0.2) is 30.3 Å². The van der Waals surface area contributed by atoms with Crippen molar-refractivity contribution in [3.63, 3.8) is 0 Å². The first-order chi connectivity index (χ1) is 14.3. The predicted octanol–water partition coefficient (Wildman–Crippen LogP) is 2.69. The molecule has 2 amide bonds. The highest BCUT2D eigenvalue weighted by Gasteiger charge is 2.26. The molecule has 0 radical (unpaired) electrons. The molecule has 0 aliphatic carbocycles. The third-order valence-electron chi connectivity index (χ3n) is 5.25. The maximum atomic E-state index is 11.4. The number of hydrogen-bond donors (Lipinski definition) is 2. The van der Waals surface area contributed by atoms with E-state index in [4.69, 9.17) is 10.1 Å². The fraction of sp³-hybridized carbons (Fsp3) is 0.364. The number of amides is 2. The van der Waals surface area contributed by atoms with E-state index >= 15 is 0 Å². The first-order valence-corrected chi connectivity index (χ1v) is 10.1. The summed E-state index contributed by atoms with van der Waals surface area (Å²) in [5.74, 6) is -0.114. The number of benzene rings is 1. The molecule has 0 bridgehead atoms. The number of imidazole rings is 1. The number of anilines is 2. The van der Waals surface area contributed by atoms with Gasteiger partial charge in [-0.25, -0.2) is 9.50 Å². The molecule has 1 unspecified atom stereocenters. The van der Waals surface area contributed by atoms with E-state index < -0.39 is 0 Å². The molecule has 1 aromatic carbocycles. The Balaban J connectivity index is 1.77. The van der Waals surface area contributed by atoms with Gasteiger partial charge in [-0.15, -0.1) is 0 Å². The number of rotatable bonds is 4. The number of nitrogens with zero attached hydrogens (tertiary/aromatic N) is 4. The lowest BCUT2D eigenvalue weighted by Crippen LogP contribution is -2.35. The second kappa shape index (κ2) is 7.78. The number of carbonyl (C=O) groups is 2. The summed E-state index contributed by atoms with van der Waals surface area (Å²) in [5, 5.41) is 10.6. The minimum Gasteiger partial charge on any atom is -0.366 e. The zero-order valence-corrected chi connectivity index (χ0v) is 17.7. The maximum absolute atomic E-state index is 11.4. The zero-order chi connectivity index (χ0) is 21.4. The van der Waals surface area contributed by atoms with Gasteiger partial charge < -0.3 is 15.5 Å². The van der Waals surface area contributed by atoms with Crippen molar-refractivity contribution in [2.45, 2.75) is 40.2 Å². The molecule has 8 heteroatoms. The SMILES string of the molecule is CC(=O)Nc1cccc(-c2c(C)nc3c(N4CCC(NC(C)=O)C4)cc(C)nn23)c1. The summed E-state index contributed by atoms with van der Waals surface area (Å²) in [7, 11) is 0. The Bertz CT molecular complexity index is 1140. The molecule has 8 nitrogen and oxygen atoms in total. The van der Waals surface area contributed by atoms with Crippen LogP contribution in [0.2, 0.25) is 0 Å². The number of aryl methyl sites for hydroxylation is 2. The van der Waals surface area contributed by atoms with Gasteiger partial charge in [0.15, 0.2) is 5.65 Å². The van der Waals surface area contributed by atoms with Crippen LogP contribution < -0.4 is 15.5 Å². The Morgan fingerprint density at radius 3 is 2.67 bits per heavy atom. The number of carbonyl (C=O) groups excluding carboxylic acids is 2. The van der Waals surface area contributed by atoms with Crippen LogP contribution in [0.4, 0.5) is 11.4 Å². The minimum absolute atomic E-state index is 0.00380. The van der Waals surface area contributed by atoms with E-state index in [-0.39, 0.29) is 17.9 Å². The Hall–Kier alpha value is -3.42. The molecule has 3 heterocycles. The van der Waals surface area contributed by atoms with Gasteiger partial charge in [0.25, 0.3) is 0 Å². The molecule has 0 spiro atoms. The van der Waals surface area contributed by atoms with Gasteiger partial charge in [0.2, 0.25) is 11.8 Å². The van der Waals surface area contributed by atoms with Crippen LogP contribution in [-0.2, 0) is 9.59 Å². The number of fused-ring (bicyclic) bond motifs is 1. The smallest absolute Gasteiger partial charge is 0.221 e. The lowest BCUT2D eigenvalue weighted by Gasteiger charge is -2.20. The van der Waals surface area contributed by atoms with E-state index in [2.05, 4.69) is 21.6 Å². The summed E-state index contributed by atoms with van der Waals surface area (Å²) >= 11 is 0. The van der Waals surface area contributed by atoms with Crippen molar-refractivity contribution in [2.75, 3.05) is 23.3 Å². The molecule has 1 saturated heterocycles. The molecule has 4 rings (SSSR count). The van der Waals surface area contributed by atoms with Crippen LogP contribution in [0.1, 0.15) is 31.7 Å². The third-order valence-corrected chi connectivity index (χ3v) is 5.25. The van der Waals surface area contributed by atoms with Crippen LogP contribution >= 0.6 is 0 Å². The standard InChI is InChI=1S/C22H26N6O2/c1-13-10-20(27-9-8-19(12-27)25-16(4)30)22-23-14(2)21(28(22)26-13)17-6-5-7-18(11-17)24-15(3)29/h5-7,10-11,19H,8-9,12H2,1-4H3,(H,24,29)(H,25,30). The topological polar surface area (TPSA) is 91.6 Å².